The normalized spacial score (nSPS) is 11.8. The highest BCUT2D eigenvalue weighted by molar-refractivity contribution is 6.36. The summed E-state index contributed by atoms with van der Waals surface area (Å²) in [4.78, 5) is 43.5. The number of amides is 2. The Morgan fingerprint density at radius 2 is 1.57 bits per heavy atom. The standard InChI is InChI=1S/C26H29ClFN3O6/c1-14-18(12-10-16-19(14)22(32)30(8)13-29-16)35-21-15(28)9-11-17(20(21)27)31(23(33)36-25(2,3)4)24(34)37-26(5,6)7/h9-13H,1-8H3. The fourth-order valence-electron chi connectivity index (χ4n) is 3.33. The number of rotatable bonds is 3. The second-order valence-electron chi connectivity index (χ2n) is 10.4. The van der Waals surface area contributed by atoms with E-state index in [0.717, 1.165) is 12.1 Å². The van der Waals surface area contributed by atoms with Crippen LogP contribution in [0.2, 0.25) is 5.02 Å². The minimum atomic E-state index is -1.07. The molecule has 0 aliphatic heterocycles. The third-order valence-electron chi connectivity index (χ3n) is 4.93. The highest BCUT2D eigenvalue weighted by atomic mass is 35.5. The molecule has 0 N–H and O–H groups in total. The summed E-state index contributed by atoms with van der Waals surface area (Å²) < 4.78 is 32.8. The van der Waals surface area contributed by atoms with Crippen LogP contribution in [0, 0.1) is 12.7 Å². The summed E-state index contributed by atoms with van der Waals surface area (Å²) >= 11 is 6.52. The van der Waals surface area contributed by atoms with Crippen molar-refractivity contribution in [3.8, 4) is 11.5 Å². The van der Waals surface area contributed by atoms with E-state index >= 15 is 0 Å². The molecule has 0 saturated heterocycles. The van der Waals surface area contributed by atoms with Crippen molar-refractivity contribution in [2.24, 2.45) is 7.05 Å². The quantitative estimate of drug-likeness (QED) is 0.378. The zero-order valence-electron chi connectivity index (χ0n) is 21.9. The van der Waals surface area contributed by atoms with Crippen molar-refractivity contribution in [3.63, 3.8) is 0 Å². The van der Waals surface area contributed by atoms with Gasteiger partial charge < -0.3 is 18.8 Å². The Labute approximate surface area is 218 Å². The number of aryl methyl sites for hydroxylation is 2. The van der Waals surface area contributed by atoms with E-state index in [-0.39, 0.29) is 22.0 Å². The topological polar surface area (TPSA) is 100.0 Å². The highest BCUT2D eigenvalue weighted by Crippen LogP contribution is 2.41. The number of ether oxygens (including phenoxy) is 3. The first kappa shape index (κ1) is 27.9. The van der Waals surface area contributed by atoms with E-state index in [2.05, 4.69) is 4.98 Å². The number of fused-ring (bicyclic) bond motifs is 1. The van der Waals surface area contributed by atoms with Crippen LogP contribution >= 0.6 is 11.6 Å². The van der Waals surface area contributed by atoms with Crippen LogP contribution in [-0.2, 0) is 16.5 Å². The zero-order chi connectivity index (χ0) is 27.9. The van der Waals surface area contributed by atoms with Gasteiger partial charge in [0.05, 0.1) is 22.9 Å². The Hall–Kier alpha value is -3.66. The summed E-state index contributed by atoms with van der Waals surface area (Å²) in [6, 6.07) is 5.22. The van der Waals surface area contributed by atoms with E-state index in [1.54, 1.807) is 61.6 Å². The van der Waals surface area contributed by atoms with Crippen molar-refractivity contribution < 1.29 is 28.2 Å². The maximum absolute atomic E-state index is 15.0. The van der Waals surface area contributed by atoms with Crippen molar-refractivity contribution in [2.75, 3.05) is 4.90 Å². The molecule has 0 unspecified atom stereocenters. The minimum absolute atomic E-state index is 0.136. The Morgan fingerprint density at radius 3 is 2.11 bits per heavy atom. The van der Waals surface area contributed by atoms with Gasteiger partial charge >= 0.3 is 12.2 Å². The Bertz CT molecular complexity index is 1410. The van der Waals surface area contributed by atoms with Gasteiger partial charge in [-0.3, -0.25) is 4.79 Å². The molecule has 0 fully saturated rings. The van der Waals surface area contributed by atoms with E-state index in [1.807, 2.05) is 0 Å². The fourth-order valence-corrected chi connectivity index (χ4v) is 3.61. The third kappa shape index (κ3) is 6.19. The van der Waals surface area contributed by atoms with Crippen molar-refractivity contribution in [1.29, 1.82) is 0 Å². The smallest absolute Gasteiger partial charge is 0.424 e. The fraction of sp³-hybridized carbons (Fsp3) is 0.385. The molecule has 0 saturated carbocycles. The van der Waals surface area contributed by atoms with Crippen molar-refractivity contribution in [3.05, 3.63) is 57.3 Å². The molecular formula is C26H29ClFN3O6. The van der Waals surface area contributed by atoms with Crippen LogP contribution in [0.25, 0.3) is 10.9 Å². The van der Waals surface area contributed by atoms with Gasteiger partial charge in [-0.25, -0.2) is 19.0 Å². The van der Waals surface area contributed by atoms with E-state index in [0.29, 0.717) is 21.4 Å². The molecule has 0 atom stereocenters. The maximum Gasteiger partial charge on any atom is 0.424 e. The van der Waals surface area contributed by atoms with Crippen LogP contribution < -0.4 is 15.2 Å². The molecule has 11 heteroatoms. The first-order valence-electron chi connectivity index (χ1n) is 11.4. The largest absolute Gasteiger partial charge is 0.452 e. The van der Waals surface area contributed by atoms with Crippen LogP contribution in [0.15, 0.2) is 35.4 Å². The lowest BCUT2D eigenvalue weighted by molar-refractivity contribution is 0.0430. The lowest BCUT2D eigenvalue weighted by atomic mass is 10.1. The molecule has 0 spiro atoms. The number of carbonyl (C=O) groups is 2. The average Bonchev–Trinajstić information content (AvgIpc) is 2.74. The number of benzene rings is 2. The summed E-state index contributed by atoms with van der Waals surface area (Å²) in [5, 5.41) is -0.0883. The molecule has 9 nitrogen and oxygen atoms in total. The number of hydrogen-bond donors (Lipinski definition) is 0. The van der Waals surface area contributed by atoms with Crippen LogP contribution in [0.3, 0.4) is 0 Å². The van der Waals surface area contributed by atoms with Gasteiger partial charge in [0.15, 0.2) is 11.6 Å². The number of halogens is 2. The van der Waals surface area contributed by atoms with Crippen LogP contribution in [-0.4, -0.2) is 32.9 Å². The molecule has 0 aliphatic rings. The van der Waals surface area contributed by atoms with E-state index < -0.39 is 35.0 Å². The number of aromatic nitrogens is 2. The minimum Gasteiger partial charge on any atom is -0.452 e. The summed E-state index contributed by atoms with van der Waals surface area (Å²) in [5.41, 5.74) is -1.58. The number of hydrogen-bond acceptors (Lipinski definition) is 7. The number of nitrogens with zero attached hydrogens (tertiary/aromatic N) is 3. The van der Waals surface area contributed by atoms with E-state index in [9.17, 15) is 18.8 Å². The van der Waals surface area contributed by atoms with Crippen LogP contribution in [0.4, 0.5) is 19.7 Å². The maximum atomic E-state index is 15.0. The molecule has 0 bridgehead atoms. The van der Waals surface area contributed by atoms with Gasteiger partial charge in [-0.1, -0.05) is 11.6 Å². The van der Waals surface area contributed by atoms with Gasteiger partial charge in [0.1, 0.15) is 22.0 Å². The van der Waals surface area contributed by atoms with Gasteiger partial charge in [-0.2, -0.15) is 4.90 Å². The molecule has 198 valence electrons. The molecule has 3 rings (SSSR count). The second kappa shape index (κ2) is 10.0. The van der Waals surface area contributed by atoms with Gasteiger partial charge in [0.2, 0.25) is 0 Å². The average molecular weight is 534 g/mol. The summed E-state index contributed by atoms with van der Waals surface area (Å²) in [6.45, 7) is 11.4. The highest BCUT2D eigenvalue weighted by Gasteiger charge is 2.35. The molecule has 37 heavy (non-hydrogen) atoms. The Kier molecular flexibility index (Phi) is 7.55. The number of imide groups is 1. The summed E-state index contributed by atoms with van der Waals surface area (Å²) in [6.07, 6.45) is -0.748. The molecular weight excluding hydrogens is 505 g/mol. The third-order valence-corrected chi connectivity index (χ3v) is 5.30. The second-order valence-corrected chi connectivity index (χ2v) is 10.7. The lowest BCUT2D eigenvalue weighted by Crippen LogP contribution is -2.44. The van der Waals surface area contributed by atoms with Crippen molar-refractivity contribution >= 4 is 40.4 Å². The van der Waals surface area contributed by atoms with Gasteiger partial charge in [0.25, 0.3) is 5.56 Å². The molecule has 2 amide bonds. The molecule has 3 aromatic rings. The molecule has 2 aromatic carbocycles. The van der Waals surface area contributed by atoms with Crippen LogP contribution in [0.1, 0.15) is 47.1 Å². The summed E-state index contributed by atoms with van der Waals surface area (Å²) in [7, 11) is 1.56. The first-order valence-corrected chi connectivity index (χ1v) is 11.7. The van der Waals surface area contributed by atoms with E-state index in [1.165, 1.54) is 17.0 Å². The number of anilines is 1. The molecule has 0 radical (unpaired) electrons. The van der Waals surface area contributed by atoms with Crippen molar-refractivity contribution in [1.82, 2.24) is 9.55 Å². The van der Waals surface area contributed by atoms with Gasteiger partial charge in [0, 0.05) is 12.6 Å². The summed E-state index contributed by atoms with van der Waals surface area (Å²) in [5.74, 6) is -1.18. The molecule has 1 heterocycles. The Balaban J connectivity index is 2.13. The SMILES string of the molecule is Cc1c(Oc2c(F)ccc(N(C(=O)OC(C)(C)C)C(=O)OC(C)(C)C)c2Cl)ccc2ncn(C)c(=O)c12. The monoisotopic (exact) mass is 533 g/mol. The van der Waals surface area contributed by atoms with Gasteiger partial charge in [-0.05, 0) is 72.7 Å². The van der Waals surface area contributed by atoms with Crippen LogP contribution in [0.5, 0.6) is 11.5 Å². The lowest BCUT2D eigenvalue weighted by Gasteiger charge is -2.29. The molecule has 1 aromatic heterocycles. The predicted octanol–water partition coefficient (Wildman–Crippen LogP) is 6.50. The number of carbonyl (C=O) groups excluding carboxylic acids is 2. The van der Waals surface area contributed by atoms with Crippen molar-refractivity contribution in [2.45, 2.75) is 59.7 Å². The zero-order valence-corrected chi connectivity index (χ0v) is 22.7. The van der Waals surface area contributed by atoms with E-state index in [4.69, 9.17) is 25.8 Å². The van der Waals surface area contributed by atoms with Gasteiger partial charge in [-0.15, -0.1) is 0 Å². The Morgan fingerprint density at radius 1 is 1.00 bits per heavy atom. The first-order chi connectivity index (χ1) is 17.0. The predicted molar refractivity (Wildman–Crippen MR) is 138 cm³/mol. The molecule has 0 aliphatic carbocycles.